The summed E-state index contributed by atoms with van der Waals surface area (Å²) in [6, 6.07) is 5.08. The maximum Gasteiger partial charge on any atom is 0.278 e. The fourth-order valence-corrected chi connectivity index (χ4v) is 6.06. The monoisotopic (exact) mass is 567 g/mol. The maximum atomic E-state index is 13.8. The smallest absolute Gasteiger partial charge is 0.278 e. The number of ether oxygens (including phenoxy) is 1. The normalized spacial score (nSPS) is 22.2. The zero-order valence-corrected chi connectivity index (χ0v) is 23.9. The Labute approximate surface area is 240 Å². The SMILES string of the molecule is CC(C)NC(=O)C1CCC(N2C(=NC(=O)c3ccc(F)c(F)c3)Cc3cnc(OCCN4CCCCC4)cc32)CC1. The van der Waals surface area contributed by atoms with Gasteiger partial charge in [0.2, 0.25) is 11.8 Å². The van der Waals surface area contributed by atoms with Crippen LogP contribution in [0.1, 0.15) is 74.7 Å². The number of hydrogen-bond donors (Lipinski definition) is 1. The topological polar surface area (TPSA) is 87.1 Å². The van der Waals surface area contributed by atoms with E-state index in [0.717, 1.165) is 68.7 Å². The Morgan fingerprint density at radius 1 is 1.07 bits per heavy atom. The summed E-state index contributed by atoms with van der Waals surface area (Å²) in [4.78, 5) is 39.1. The molecule has 0 bridgehead atoms. The van der Waals surface area contributed by atoms with Gasteiger partial charge in [-0.2, -0.15) is 4.99 Å². The largest absolute Gasteiger partial charge is 0.476 e. The molecule has 2 aromatic rings. The van der Waals surface area contributed by atoms with Gasteiger partial charge in [-0.25, -0.2) is 13.8 Å². The predicted octanol–water partition coefficient (Wildman–Crippen LogP) is 4.91. The molecule has 41 heavy (non-hydrogen) atoms. The van der Waals surface area contributed by atoms with Gasteiger partial charge in [0.15, 0.2) is 11.6 Å². The number of halogens is 2. The van der Waals surface area contributed by atoms with Gasteiger partial charge in [0, 0.05) is 54.4 Å². The van der Waals surface area contributed by atoms with Gasteiger partial charge in [-0.15, -0.1) is 0 Å². The van der Waals surface area contributed by atoms with Crippen LogP contribution in [-0.4, -0.2) is 65.9 Å². The standard InChI is InChI=1S/C31H39F2N5O3/c1-20(2)35-30(39)21-6-9-24(10-7-21)38-27-18-29(41-15-14-37-12-4-3-5-13-37)34-19-23(27)17-28(38)36-31(40)22-8-11-25(32)26(33)16-22/h8,11,16,18-21,24H,3-7,9-10,12-15,17H2,1-2H3,(H,35,39). The number of nitrogens with one attached hydrogen (secondary N) is 1. The van der Waals surface area contributed by atoms with Crippen LogP contribution in [0.3, 0.4) is 0 Å². The van der Waals surface area contributed by atoms with E-state index in [2.05, 4.69) is 25.1 Å². The third-order valence-corrected chi connectivity index (χ3v) is 8.19. The molecule has 0 spiro atoms. The number of pyridine rings is 1. The number of rotatable bonds is 8. The molecule has 10 heteroatoms. The van der Waals surface area contributed by atoms with Crippen LogP contribution in [0.25, 0.3) is 0 Å². The van der Waals surface area contributed by atoms with Crippen molar-refractivity contribution in [1.82, 2.24) is 15.2 Å². The zero-order valence-electron chi connectivity index (χ0n) is 23.9. The van der Waals surface area contributed by atoms with Gasteiger partial charge >= 0.3 is 0 Å². The predicted molar refractivity (Wildman–Crippen MR) is 153 cm³/mol. The quantitative estimate of drug-likeness (QED) is 0.488. The number of aliphatic imine (C=N–C) groups is 1. The lowest BCUT2D eigenvalue weighted by atomic mass is 9.84. The van der Waals surface area contributed by atoms with Gasteiger partial charge in [0.25, 0.3) is 5.91 Å². The number of amidine groups is 1. The van der Waals surface area contributed by atoms with Gasteiger partial charge in [0.05, 0.1) is 5.69 Å². The molecule has 1 saturated carbocycles. The number of piperidine rings is 1. The summed E-state index contributed by atoms with van der Waals surface area (Å²) in [6.45, 7) is 7.49. The maximum absolute atomic E-state index is 13.8. The Hall–Kier alpha value is -3.40. The molecular weight excluding hydrogens is 528 g/mol. The third kappa shape index (κ3) is 7.09. The van der Waals surface area contributed by atoms with Gasteiger partial charge in [0.1, 0.15) is 12.4 Å². The van der Waals surface area contributed by atoms with E-state index in [1.165, 1.54) is 25.3 Å². The van der Waals surface area contributed by atoms with E-state index in [0.29, 0.717) is 24.7 Å². The first-order valence-electron chi connectivity index (χ1n) is 14.8. The number of aromatic nitrogens is 1. The highest BCUT2D eigenvalue weighted by atomic mass is 19.2. The van der Waals surface area contributed by atoms with Crippen molar-refractivity contribution in [3.8, 4) is 5.88 Å². The summed E-state index contributed by atoms with van der Waals surface area (Å²) in [5, 5.41) is 3.02. The number of likely N-dealkylation sites (tertiary alicyclic amines) is 1. The molecule has 3 heterocycles. The second-order valence-corrected chi connectivity index (χ2v) is 11.6. The van der Waals surface area contributed by atoms with E-state index in [4.69, 9.17) is 4.74 Å². The molecular formula is C31H39F2N5O3. The number of benzene rings is 1. The van der Waals surface area contributed by atoms with Crippen molar-refractivity contribution in [2.45, 2.75) is 77.3 Å². The lowest BCUT2D eigenvalue weighted by Gasteiger charge is -2.36. The van der Waals surface area contributed by atoms with Gasteiger partial charge in [-0.05, 0) is 83.7 Å². The van der Waals surface area contributed by atoms with Gasteiger partial charge < -0.3 is 15.0 Å². The van der Waals surface area contributed by atoms with Crippen LogP contribution in [0.2, 0.25) is 0 Å². The molecule has 2 fully saturated rings. The minimum atomic E-state index is -1.09. The van der Waals surface area contributed by atoms with Crippen molar-refractivity contribution < 1.29 is 23.1 Å². The Kier molecular flexibility index (Phi) is 9.27. The van der Waals surface area contributed by atoms with Crippen LogP contribution in [0.5, 0.6) is 5.88 Å². The highest BCUT2D eigenvalue weighted by Gasteiger charge is 2.37. The molecule has 0 radical (unpaired) electrons. The fourth-order valence-electron chi connectivity index (χ4n) is 6.06. The van der Waals surface area contributed by atoms with Crippen LogP contribution < -0.4 is 15.0 Å². The van der Waals surface area contributed by atoms with Crippen molar-refractivity contribution in [3.05, 3.63) is 53.2 Å². The van der Waals surface area contributed by atoms with Gasteiger partial charge in [-0.1, -0.05) is 6.42 Å². The number of nitrogens with zero attached hydrogens (tertiary/aromatic N) is 4. The number of amides is 2. The molecule has 2 amide bonds. The van der Waals surface area contributed by atoms with E-state index >= 15 is 0 Å². The first-order chi connectivity index (χ1) is 19.8. The van der Waals surface area contributed by atoms with Gasteiger partial charge in [-0.3, -0.25) is 14.5 Å². The van der Waals surface area contributed by atoms with Crippen molar-refractivity contribution in [2.75, 3.05) is 31.1 Å². The van der Waals surface area contributed by atoms with Crippen LogP contribution in [-0.2, 0) is 11.2 Å². The fraction of sp³-hybridized carbons (Fsp3) is 0.548. The van der Waals surface area contributed by atoms with E-state index in [-0.39, 0.29) is 29.5 Å². The lowest BCUT2D eigenvalue weighted by Crippen LogP contribution is -2.44. The first kappa shape index (κ1) is 29.1. The lowest BCUT2D eigenvalue weighted by molar-refractivity contribution is -0.126. The van der Waals surface area contributed by atoms with Crippen LogP contribution in [0, 0.1) is 17.6 Å². The molecule has 1 aromatic heterocycles. The Balaban J connectivity index is 1.35. The molecule has 1 aromatic carbocycles. The minimum absolute atomic E-state index is 0.0127. The molecule has 8 nitrogen and oxygen atoms in total. The molecule has 0 unspecified atom stereocenters. The Morgan fingerprint density at radius 3 is 2.54 bits per heavy atom. The summed E-state index contributed by atoms with van der Waals surface area (Å²) in [7, 11) is 0. The highest BCUT2D eigenvalue weighted by Crippen LogP contribution is 2.38. The average Bonchev–Trinajstić information content (AvgIpc) is 3.31. The Morgan fingerprint density at radius 2 is 1.83 bits per heavy atom. The molecule has 0 atom stereocenters. The number of carbonyl (C=O) groups is 2. The summed E-state index contributed by atoms with van der Waals surface area (Å²) in [5.41, 5.74) is 1.80. The second-order valence-electron chi connectivity index (χ2n) is 11.6. The summed E-state index contributed by atoms with van der Waals surface area (Å²) in [6.07, 6.45) is 8.84. The van der Waals surface area contributed by atoms with E-state index in [1.807, 2.05) is 19.9 Å². The number of hydrogen-bond acceptors (Lipinski definition) is 5. The number of carbonyl (C=O) groups excluding carboxylic acids is 2. The van der Waals surface area contributed by atoms with Crippen molar-refractivity contribution in [1.29, 1.82) is 0 Å². The van der Waals surface area contributed by atoms with E-state index in [9.17, 15) is 18.4 Å². The summed E-state index contributed by atoms with van der Waals surface area (Å²) < 4.78 is 33.3. The highest BCUT2D eigenvalue weighted by molar-refractivity contribution is 6.12. The number of anilines is 1. The zero-order chi connectivity index (χ0) is 28.9. The van der Waals surface area contributed by atoms with Crippen molar-refractivity contribution in [3.63, 3.8) is 0 Å². The molecule has 2 aliphatic heterocycles. The molecule has 1 aliphatic carbocycles. The molecule has 5 rings (SSSR count). The summed E-state index contributed by atoms with van der Waals surface area (Å²) in [5.74, 6) is -1.64. The van der Waals surface area contributed by atoms with E-state index in [1.54, 1.807) is 6.20 Å². The molecule has 3 aliphatic rings. The summed E-state index contributed by atoms with van der Waals surface area (Å²) >= 11 is 0. The van der Waals surface area contributed by atoms with Crippen LogP contribution >= 0.6 is 0 Å². The van der Waals surface area contributed by atoms with Crippen LogP contribution in [0.4, 0.5) is 14.5 Å². The molecule has 1 N–H and O–H groups in total. The van der Waals surface area contributed by atoms with Crippen molar-refractivity contribution in [2.24, 2.45) is 10.9 Å². The average molecular weight is 568 g/mol. The first-order valence-corrected chi connectivity index (χ1v) is 14.8. The van der Waals surface area contributed by atoms with E-state index < -0.39 is 17.5 Å². The molecule has 1 saturated heterocycles. The van der Waals surface area contributed by atoms with Crippen molar-refractivity contribution >= 4 is 23.3 Å². The second kappa shape index (κ2) is 13.1. The Bertz CT molecular complexity index is 1290. The minimum Gasteiger partial charge on any atom is -0.476 e. The third-order valence-electron chi connectivity index (χ3n) is 8.19. The number of fused-ring (bicyclic) bond motifs is 1. The van der Waals surface area contributed by atoms with Crippen LogP contribution in [0.15, 0.2) is 35.5 Å². The molecule has 220 valence electrons.